The van der Waals surface area contributed by atoms with Gasteiger partial charge in [-0.15, -0.1) is 0 Å². The lowest BCUT2D eigenvalue weighted by molar-refractivity contribution is -0.385. The van der Waals surface area contributed by atoms with E-state index in [0.29, 0.717) is 24.3 Å². The van der Waals surface area contributed by atoms with Crippen LogP contribution in [-0.4, -0.2) is 66.0 Å². The van der Waals surface area contributed by atoms with Crippen molar-refractivity contribution in [3.05, 3.63) is 99.4 Å². The molecule has 1 atom stereocenters. The lowest BCUT2D eigenvalue weighted by atomic mass is 10.1. The first kappa shape index (κ1) is 33.0. The Morgan fingerprint density at radius 3 is 2.30 bits per heavy atom. The predicted molar refractivity (Wildman–Crippen MR) is 155 cm³/mol. The summed E-state index contributed by atoms with van der Waals surface area (Å²) in [6, 6.07) is 17.1. The normalized spacial score (nSPS) is 11.5. The van der Waals surface area contributed by atoms with Gasteiger partial charge in [0.25, 0.3) is 5.69 Å². The van der Waals surface area contributed by atoms with Gasteiger partial charge in [0.2, 0.25) is 0 Å². The molecule has 3 aromatic rings. The van der Waals surface area contributed by atoms with E-state index in [1.807, 2.05) is 0 Å². The molecule has 0 aliphatic carbocycles. The van der Waals surface area contributed by atoms with Crippen molar-refractivity contribution in [3.8, 4) is 11.5 Å². The van der Waals surface area contributed by atoms with Gasteiger partial charge in [0.05, 0.1) is 24.1 Å². The summed E-state index contributed by atoms with van der Waals surface area (Å²) in [7, 11) is 0. The summed E-state index contributed by atoms with van der Waals surface area (Å²) in [6.45, 7) is 4.75. The zero-order valence-electron chi connectivity index (χ0n) is 24.1. The van der Waals surface area contributed by atoms with Gasteiger partial charge in [-0.05, 0) is 67.8 Å². The van der Waals surface area contributed by atoms with E-state index in [0.717, 1.165) is 11.1 Å². The number of halogens is 1. The van der Waals surface area contributed by atoms with E-state index < -0.39 is 23.1 Å². The molecule has 11 nitrogen and oxygen atoms in total. The zero-order valence-corrected chi connectivity index (χ0v) is 24.1. The largest absolute Gasteiger partial charge is 0.492 e. The number of carbonyl (C=O) groups is 2. The van der Waals surface area contributed by atoms with Crippen molar-refractivity contribution < 1.29 is 43.0 Å². The third kappa shape index (κ3) is 11.0. The molecule has 0 aliphatic rings. The second-order valence-electron chi connectivity index (χ2n) is 9.57. The van der Waals surface area contributed by atoms with Crippen molar-refractivity contribution in [2.24, 2.45) is 0 Å². The summed E-state index contributed by atoms with van der Waals surface area (Å²) in [5, 5.41) is 20.6. The number of carbonyl (C=O) groups excluding carboxylic acids is 1. The summed E-state index contributed by atoms with van der Waals surface area (Å²) >= 11 is 0. The molecule has 0 saturated heterocycles. The molecule has 230 valence electrons. The van der Waals surface area contributed by atoms with Gasteiger partial charge in [0, 0.05) is 31.7 Å². The van der Waals surface area contributed by atoms with Crippen LogP contribution in [0.1, 0.15) is 30.0 Å². The molecule has 1 amide bonds. The molecular formula is C31H35FN2O9. The van der Waals surface area contributed by atoms with Crippen molar-refractivity contribution >= 4 is 17.7 Å². The number of rotatable bonds is 17. The first-order valence-corrected chi connectivity index (χ1v) is 13.8. The molecule has 43 heavy (non-hydrogen) atoms. The number of aryl methyl sites for hydroxylation is 1. The monoisotopic (exact) mass is 598 g/mol. The molecule has 0 spiro atoms. The van der Waals surface area contributed by atoms with Gasteiger partial charge in [0.15, 0.2) is 6.10 Å². The fourth-order valence-electron chi connectivity index (χ4n) is 4.07. The van der Waals surface area contributed by atoms with Crippen LogP contribution >= 0.6 is 0 Å². The quantitative estimate of drug-likeness (QED) is 0.120. The number of carboxylic acid groups (broad SMARTS) is 1. The number of hydrogen-bond donors (Lipinski definition) is 1. The second-order valence-corrected chi connectivity index (χ2v) is 9.57. The van der Waals surface area contributed by atoms with Crippen LogP contribution in [0.2, 0.25) is 0 Å². The highest BCUT2D eigenvalue weighted by Crippen LogP contribution is 2.24. The average molecular weight is 599 g/mol. The molecule has 0 bridgehead atoms. The minimum atomic E-state index is -1.03. The van der Waals surface area contributed by atoms with Crippen molar-refractivity contribution in [3.63, 3.8) is 0 Å². The van der Waals surface area contributed by atoms with Crippen LogP contribution in [-0.2, 0) is 27.3 Å². The molecule has 3 rings (SSSR count). The number of carboxylic acids is 1. The molecule has 0 fully saturated rings. The van der Waals surface area contributed by atoms with Gasteiger partial charge in [-0.2, -0.15) is 0 Å². The predicted octanol–water partition coefficient (Wildman–Crippen LogP) is 5.56. The van der Waals surface area contributed by atoms with E-state index in [4.69, 9.17) is 18.9 Å². The number of nitrogens with zero attached hydrogens (tertiary/aromatic N) is 2. The highest BCUT2D eigenvalue weighted by Gasteiger charge is 2.20. The Kier molecular flexibility index (Phi) is 12.9. The van der Waals surface area contributed by atoms with Crippen LogP contribution in [0.15, 0.2) is 66.7 Å². The van der Waals surface area contributed by atoms with Crippen LogP contribution in [0.25, 0.3) is 0 Å². The Morgan fingerprint density at radius 1 is 0.977 bits per heavy atom. The van der Waals surface area contributed by atoms with Crippen LogP contribution in [0, 0.1) is 22.9 Å². The number of nitro benzene ring substituents is 1. The molecule has 0 saturated carbocycles. The lowest BCUT2D eigenvalue weighted by Crippen LogP contribution is -2.38. The maximum absolute atomic E-state index is 13.1. The highest BCUT2D eigenvalue weighted by atomic mass is 19.1. The van der Waals surface area contributed by atoms with Crippen LogP contribution in [0.4, 0.5) is 14.9 Å². The minimum Gasteiger partial charge on any atom is -0.492 e. The van der Waals surface area contributed by atoms with E-state index in [2.05, 4.69) is 0 Å². The fraction of sp³-hybridized carbons (Fsp3) is 0.355. The van der Waals surface area contributed by atoms with Crippen molar-refractivity contribution in [2.75, 3.05) is 32.9 Å². The Labute approximate surface area is 248 Å². The Morgan fingerprint density at radius 2 is 1.65 bits per heavy atom. The fourth-order valence-corrected chi connectivity index (χ4v) is 4.07. The summed E-state index contributed by atoms with van der Waals surface area (Å²) in [4.78, 5) is 36.6. The van der Waals surface area contributed by atoms with Gasteiger partial charge < -0.3 is 29.0 Å². The number of benzene rings is 3. The zero-order chi connectivity index (χ0) is 31.2. The van der Waals surface area contributed by atoms with Crippen LogP contribution in [0.3, 0.4) is 0 Å². The second kappa shape index (κ2) is 16.8. The molecular weight excluding hydrogens is 563 g/mol. The standard InChI is InChI=1S/C31H35FN2O9/c1-3-41-29(30(35)36)19-23-8-13-26(14-9-23)42-18-16-33(15-4-17-40-21-24-6-10-25(32)11-7-24)31(37)43-27-12-5-22(2)28(20-27)34(38)39/h5-14,20,29H,3-4,15-19,21H2,1-2H3,(H,35,36). The van der Waals surface area contributed by atoms with E-state index in [9.17, 15) is 29.2 Å². The van der Waals surface area contributed by atoms with E-state index in [1.165, 1.54) is 35.2 Å². The van der Waals surface area contributed by atoms with E-state index >= 15 is 0 Å². The Hall–Kier alpha value is -4.55. The van der Waals surface area contributed by atoms with Gasteiger partial charge in [0.1, 0.15) is 23.9 Å². The first-order chi connectivity index (χ1) is 20.7. The summed E-state index contributed by atoms with van der Waals surface area (Å²) in [5.74, 6) is -0.793. The minimum absolute atomic E-state index is 0.0445. The van der Waals surface area contributed by atoms with Crippen LogP contribution in [0.5, 0.6) is 11.5 Å². The third-order valence-electron chi connectivity index (χ3n) is 6.36. The molecule has 0 aliphatic heterocycles. The maximum atomic E-state index is 13.1. The van der Waals surface area contributed by atoms with Crippen LogP contribution < -0.4 is 9.47 Å². The topological polar surface area (TPSA) is 138 Å². The Bertz CT molecular complexity index is 1350. The smallest absolute Gasteiger partial charge is 0.415 e. The highest BCUT2D eigenvalue weighted by molar-refractivity contribution is 5.72. The van der Waals surface area contributed by atoms with Gasteiger partial charge in [-0.25, -0.2) is 14.0 Å². The molecule has 0 heterocycles. The maximum Gasteiger partial charge on any atom is 0.415 e. The molecule has 3 aromatic carbocycles. The molecule has 0 aromatic heterocycles. The number of aliphatic carboxylic acids is 1. The van der Waals surface area contributed by atoms with Gasteiger partial charge >= 0.3 is 12.1 Å². The van der Waals surface area contributed by atoms with Crippen molar-refractivity contribution in [1.29, 1.82) is 0 Å². The molecule has 12 heteroatoms. The van der Waals surface area contributed by atoms with Crippen molar-refractivity contribution in [2.45, 2.75) is 39.4 Å². The van der Waals surface area contributed by atoms with E-state index in [-0.39, 0.29) is 56.6 Å². The lowest BCUT2D eigenvalue weighted by Gasteiger charge is -2.22. The summed E-state index contributed by atoms with van der Waals surface area (Å²) in [6.07, 6.45) is -0.968. The number of nitro groups is 1. The molecule has 0 radical (unpaired) electrons. The average Bonchev–Trinajstić information content (AvgIpc) is 2.98. The molecule has 1 unspecified atom stereocenters. The van der Waals surface area contributed by atoms with E-state index in [1.54, 1.807) is 50.2 Å². The SMILES string of the molecule is CCOC(Cc1ccc(OCCN(CCCOCc2ccc(F)cc2)C(=O)Oc2ccc(C)c([N+](=O)[O-])c2)cc1)C(=O)O. The van der Waals surface area contributed by atoms with Crippen molar-refractivity contribution in [1.82, 2.24) is 4.90 Å². The molecule has 1 N–H and O–H groups in total. The summed E-state index contributed by atoms with van der Waals surface area (Å²) in [5.41, 5.74) is 1.87. The number of hydrogen-bond acceptors (Lipinski definition) is 8. The van der Waals surface area contributed by atoms with Gasteiger partial charge in [-0.3, -0.25) is 10.1 Å². The third-order valence-corrected chi connectivity index (χ3v) is 6.36. The first-order valence-electron chi connectivity index (χ1n) is 13.8. The Balaban J connectivity index is 1.57. The van der Waals surface area contributed by atoms with Gasteiger partial charge in [-0.1, -0.05) is 24.3 Å². The summed E-state index contributed by atoms with van der Waals surface area (Å²) < 4.78 is 35.3. The number of amides is 1. The number of ether oxygens (including phenoxy) is 4.